The molecule has 0 unspecified atom stereocenters. The van der Waals surface area contributed by atoms with Gasteiger partial charge in [0, 0.05) is 24.7 Å². The van der Waals surface area contributed by atoms with Gasteiger partial charge < -0.3 is 9.88 Å². The Hall–Kier alpha value is -2.91. The second-order valence-electron chi connectivity index (χ2n) is 7.95. The molecule has 1 amide bonds. The average Bonchev–Trinajstić information content (AvgIpc) is 3.07. The number of non-ortho nitro benzene ring substituents is 1. The molecule has 31 heavy (non-hydrogen) atoms. The van der Waals surface area contributed by atoms with Crippen LogP contribution in [0.3, 0.4) is 0 Å². The minimum absolute atomic E-state index is 0.0688. The van der Waals surface area contributed by atoms with Crippen LogP contribution in [-0.4, -0.2) is 31.3 Å². The number of nitrogens with one attached hydrogen (secondary N) is 1. The van der Waals surface area contributed by atoms with Crippen LogP contribution >= 0.6 is 23.4 Å². The summed E-state index contributed by atoms with van der Waals surface area (Å²) in [5.41, 5.74) is 2.42. The highest BCUT2D eigenvalue weighted by molar-refractivity contribution is 7.99. The summed E-state index contributed by atoms with van der Waals surface area (Å²) in [6.07, 6.45) is 0. The van der Waals surface area contributed by atoms with Crippen molar-refractivity contribution >= 4 is 40.6 Å². The van der Waals surface area contributed by atoms with E-state index in [1.165, 1.54) is 35.5 Å². The molecule has 10 heteroatoms. The fraction of sp³-hybridized carbons (Fsp3) is 0.286. The smallest absolute Gasteiger partial charge is 0.271 e. The Balaban J connectivity index is 1.65. The number of carbonyl (C=O) groups is 1. The lowest BCUT2D eigenvalue weighted by atomic mass is 9.87. The number of benzene rings is 2. The van der Waals surface area contributed by atoms with E-state index in [4.69, 9.17) is 11.6 Å². The molecule has 1 heterocycles. The summed E-state index contributed by atoms with van der Waals surface area (Å²) in [5.74, 6) is 0.490. The lowest BCUT2D eigenvalue weighted by Gasteiger charge is -2.19. The Morgan fingerprint density at radius 1 is 1.19 bits per heavy atom. The van der Waals surface area contributed by atoms with E-state index in [1.54, 1.807) is 0 Å². The number of anilines is 1. The minimum Gasteiger partial charge on any atom is -0.324 e. The van der Waals surface area contributed by atoms with Crippen LogP contribution in [-0.2, 0) is 17.3 Å². The first kappa shape index (κ1) is 22.8. The average molecular weight is 460 g/mol. The molecule has 8 nitrogen and oxygen atoms in total. The van der Waals surface area contributed by atoms with E-state index in [2.05, 4.69) is 48.4 Å². The summed E-state index contributed by atoms with van der Waals surface area (Å²) < 4.78 is 1.84. The number of thioether (sulfide) groups is 1. The SMILES string of the molecule is Cn1c(SCC(=O)Nc2ccc([N+](=O)[O-])cc2Cl)nnc1-c1ccc(C(C)(C)C)cc1. The Morgan fingerprint density at radius 2 is 1.87 bits per heavy atom. The van der Waals surface area contributed by atoms with Crippen molar-refractivity contribution in [2.45, 2.75) is 31.3 Å². The Bertz CT molecular complexity index is 1120. The number of nitrogens with zero attached hydrogens (tertiary/aromatic N) is 4. The molecule has 0 radical (unpaired) electrons. The maximum Gasteiger partial charge on any atom is 0.271 e. The van der Waals surface area contributed by atoms with Gasteiger partial charge in [0.2, 0.25) is 5.91 Å². The van der Waals surface area contributed by atoms with Crippen LogP contribution in [0.25, 0.3) is 11.4 Å². The van der Waals surface area contributed by atoms with Crippen LogP contribution in [0.5, 0.6) is 0 Å². The van der Waals surface area contributed by atoms with Gasteiger partial charge in [-0.15, -0.1) is 10.2 Å². The van der Waals surface area contributed by atoms with E-state index in [0.29, 0.717) is 16.7 Å². The van der Waals surface area contributed by atoms with Crippen LogP contribution < -0.4 is 5.32 Å². The molecule has 0 aliphatic carbocycles. The molecular formula is C21H22ClN5O3S. The molecule has 0 fully saturated rings. The molecule has 162 valence electrons. The molecule has 0 atom stereocenters. The van der Waals surface area contributed by atoms with Gasteiger partial charge in [-0.25, -0.2) is 0 Å². The monoisotopic (exact) mass is 459 g/mol. The van der Waals surface area contributed by atoms with E-state index in [9.17, 15) is 14.9 Å². The molecule has 0 aliphatic heterocycles. The summed E-state index contributed by atoms with van der Waals surface area (Å²) in [7, 11) is 1.85. The number of carbonyl (C=O) groups excluding carboxylic acids is 1. The fourth-order valence-corrected chi connectivity index (χ4v) is 3.78. The Morgan fingerprint density at radius 3 is 2.45 bits per heavy atom. The number of hydrogen-bond acceptors (Lipinski definition) is 6. The molecule has 0 saturated heterocycles. The molecule has 2 aromatic carbocycles. The quantitative estimate of drug-likeness (QED) is 0.313. The number of aromatic nitrogens is 3. The first-order chi connectivity index (χ1) is 14.6. The van der Waals surface area contributed by atoms with E-state index in [0.717, 1.165) is 5.56 Å². The number of amides is 1. The molecule has 3 aromatic rings. The van der Waals surface area contributed by atoms with Crippen LogP contribution in [0, 0.1) is 10.1 Å². The summed E-state index contributed by atoms with van der Waals surface area (Å²) in [5, 5.41) is 22.6. The standard InChI is InChI=1S/C21H22ClN5O3S/c1-21(2,3)14-7-5-13(6-8-14)19-24-25-20(26(19)4)31-12-18(28)23-17-10-9-15(27(29)30)11-16(17)22/h5-11H,12H2,1-4H3,(H,23,28). The third kappa shape index (κ3) is 5.42. The maximum atomic E-state index is 12.3. The van der Waals surface area contributed by atoms with E-state index in [1.807, 2.05) is 23.7 Å². The van der Waals surface area contributed by atoms with Crippen molar-refractivity contribution in [2.75, 3.05) is 11.1 Å². The number of halogens is 1. The van der Waals surface area contributed by atoms with Crippen LogP contribution in [0.1, 0.15) is 26.3 Å². The maximum absolute atomic E-state index is 12.3. The van der Waals surface area contributed by atoms with Gasteiger partial charge in [0.25, 0.3) is 5.69 Å². The van der Waals surface area contributed by atoms with Gasteiger partial charge in [0.15, 0.2) is 11.0 Å². The second kappa shape index (κ2) is 9.07. The lowest BCUT2D eigenvalue weighted by Crippen LogP contribution is -2.14. The molecule has 0 spiro atoms. The van der Waals surface area contributed by atoms with Gasteiger partial charge >= 0.3 is 0 Å². The Labute approximate surface area is 189 Å². The zero-order valence-corrected chi connectivity index (χ0v) is 19.1. The van der Waals surface area contributed by atoms with E-state index >= 15 is 0 Å². The van der Waals surface area contributed by atoms with Gasteiger partial charge in [-0.2, -0.15) is 0 Å². The Kier molecular flexibility index (Phi) is 6.66. The van der Waals surface area contributed by atoms with Crippen molar-refractivity contribution in [3.63, 3.8) is 0 Å². The van der Waals surface area contributed by atoms with Gasteiger partial charge in [0.05, 0.1) is 21.4 Å². The number of nitro groups is 1. The summed E-state index contributed by atoms with van der Waals surface area (Å²) in [6.45, 7) is 6.48. The molecule has 0 bridgehead atoms. The van der Waals surface area contributed by atoms with Crippen LogP contribution in [0.2, 0.25) is 5.02 Å². The molecule has 1 N–H and O–H groups in total. The van der Waals surface area contributed by atoms with Gasteiger partial charge in [-0.1, -0.05) is 68.4 Å². The van der Waals surface area contributed by atoms with Gasteiger partial charge in [-0.3, -0.25) is 14.9 Å². The summed E-state index contributed by atoms with van der Waals surface area (Å²) in [6, 6.07) is 12.1. The molecule has 1 aromatic heterocycles. The van der Waals surface area contributed by atoms with Crippen LogP contribution in [0.15, 0.2) is 47.6 Å². The van der Waals surface area contributed by atoms with Crippen molar-refractivity contribution in [3.05, 3.63) is 63.2 Å². The second-order valence-corrected chi connectivity index (χ2v) is 9.30. The van der Waals surface area contributed by atoms with Crippen molar-refractivity contribution < 1.29 is 9.72 Å². The number of nitro benzene ring substituents is 1. The largest absolute Gasteiger partial charge is 0.324 e. The van der Waals surface area contributed by atoms with Crippen molar-refractivity contribution in [2.24, 2.45) is 7.05 Å². The highest BCUT2D eigenvalue weighted by Crippen LogP contribution is 2.28. The van der Waals surface area contributed by atoms with Crippen LogP contribution in [0.4, 0.5) is 11.4 Å². The number of hydrogen-bond donors (Lipinski definition) is 1. The number of rotatable bonds is 6. The summed E-state index contributed by atoms with van der Waals surface area (Å²) >= 11 is 7.26. The highest BCUT2D eigenvalue weighted by atomic mass is 35.5. The molecule has 3 rings (SSSR count). The zero-order chi connectivity index (χ0) is 22.8. The first-order valence-electron chi connectivity index (χ1n) is 9.43. The third-order valence-corrected chi connectivity index (χ3v) is 5.95. The van der Waals surface area contributed by atoms with Crippen molar-refractivity contribution in [3.8, 4) is 11.4 Å². The zero-order valence-electron chi connectivity index (χ0n) is 17.5. The van der Waals surface area contributed by atoms with Crippen molar-refractivity contribution in [1.29, 1.82) is 0 Å². The van der Waals surface area contributed by atoms with Gasteiger partial charge in [-0.05, 0) is 17.0 Å². The summed E-state index contributed by atoms with van der Waals surface area (Å²) in [4.78, 5) is 22.5. The van der Waals surface area contributed by atoms with Crippen molar-refractivity contribution in [1.82, 2.24) is 14.8 Å². The predicted octanol–water partition coefficient (Wildman–Crippen LogP) is 5.07. The molecule has 0 saturated carbocycles. The topological polar surface area (TPSA) is 103 Å². The van der Waals surface area contributed by atoms with Gasteiger partial charge in [0.1, 0.15) is 0 Å². The molecule has 0 aliphatic rings. The third-order valence-electron chi connectivity index (χ3n) is 4.61. The molecular weight excluding hydrogens is 438 g/mol. The minimum atomic E-state index is -0.546. The first-order valence-corrected chi connectivity index (χ1v) is 10.8. The lowest BCUT2D eigenvalue weighted by molar-refractivity contribution is -0.384. The van der Waals surface area contributed by atoms with E-state index in [-0.39, 0.29) is 27.8 Å². The fourth-order valence-electron chi connectivity index (χ4n) is 2.85. The van der Waals surface area contributed by atoms with E-state index < -0.39 is 4.92 Å². The highest BCUT2D eigenvalue weighted by Gasteiger charge is 2.17. The normalized spacial score (nSPS) is 11.4. The predicted molar refractivity (Wildman–Crippen MR) is 123 cm³/mol.